The number of pyridine rings is 1. The third-order valence-electron chi connectivity index (χ3n) is 3.16. The monoisotopic (exact) mass is 321 g/mol. The number of amides is 1. The number of fused-ring (bicyclic) bond motifs is 1. The highest BCUT2D eigenvalue weighted by atomic mass is 19.3. The van der Waals surface area contributed by atoms with Gasteiger partial charge in [-0.2, -0.15) is 8.78 Å². The van der Waals surface area contributed by atoms with Crippen molar-refractivity contribution in [1.29, 1.82) is 0 Å². The molecule has 2 heterocycles. The number of nitrogens with one attached hydrogen (secondary N) is 2. The molecule has 118 valence electrons. The van der Waals surface area contributed by atoms with Crippen molar-refractivity contribution in [2.45, 2.75) is 6.61 Å². The van der Waals surface area contributed by atoms with Gasteiger partial charge in [-0.15, -0.1) is 0 Å². The molecule has 1 aromatic carbocycles. The van der Waals surface area contributed by atoms with E-state index in [0.29, 0.717) is 28.8 Å². The summed E-state index contributed by atoms with van der Waals surface area (Å²) in [5.74, 6) is -1.43. The Bertz CT molecular complexity index is 864. The number of aromatic nitrogens is 2. The number of benzene rings is 1. The molecule has 0 saturated heterocycles. The number of anilines is 1. The van der Waals surface area contributed by atoms with Gasteiger partial charge in [0, 0.05) is 10.9 Å². The maximum Gasteiger partial charge on any atom is 0.387 e. The van der Waals surface area contributed by atoms with Crippen LogP contribution in [0.4, 0.5) is 18.9 Å². The lowest BCUT2D eigenvalue weighted by atomic mass is 10.1. The Balaban J connectivity index is 2.09. The second-order valence-electron chi connectivity index (χ2n) is 4.60. The van der Waals surface area contributed by atoms with Crippen molar-refractivity contribution in [3.8, 4) is 17.0 Å². The normalized spacial score (nSPS) is 11.0. The van der Waals surface area contributed by atoms with Crippen molar-refractivity contribution in [2.24, 2.45) is 0 Å². The third-order valence-corrected chi connectivity index (χ3v) is 3.16. The first kappa shape index (κ1) is 14.9. The summed E-state index contributed by atoms with van der Waals surface area (Å²) >= 11 is 0. The van der Waals surface area contributed by atoms with Crippen molar-refractivity contribution >= 4 is 23.1 Å². The zero-order valence-corrected chi connectivity index (χ0v) is 11.5. The zero-order valence-electron chi connectivity index (χ0n) is 11.5. The molecule has 5 nitrogen and oxygen atoms in total. The van der Waals surface area contributed by atoms with E-state index in [-0.39, 0.29) is 5.56 Å². The number of carbonyl (C=O) groups excluding carboxylic acids is 1. The Morgan fingerprint density at radius 2 is 2.13 bits per heavy atom. The van der Waals surface area contributed by atoms with Crippen LogP contribution in [0, 0.1) is 5.82 Å². The quantitative estimate of drug-likeness (QED) is 0.706. The maximum atomic E-state index is 13.8. The molecule has 2 N–H and O–H groups in total. The Kier molecular flexibility index (Phi) is 3.88. The van der Waals surface area contributed by atoms with Crippen LogP contribution < -0.4 is 10.1 Å². The number of aromatic amines is 1. The van der Waals surface area contributed by atoms with E-state index in [4.69, 9.17) is 0 Å². The standard InChI is InChI=1S/C15H10F3N3O2/c16-11-3-1-2-10(13(11)23-15(17)18)12-5-8-4-9(20-7-22)6-19-14(8)21-12/h1-7,15H,(H,19,21)(H,20,22). The molecule has 0 aliphatic carbocycles. The van der Waals surface area contributed by atoms with Gasteiger partial charge in [-0.1, -0.05) is 6.07 Å². The average Bonchev–Trinajstić information content (AvgIpc) is 2.92. The second-order valence-corrected chi connectivity index (χ2v) is 4.60. The molecular weight excluding hydrogens is 311 g/mol. The Labute approximate surface area is 128 Å². The summed E-state index contributed by atoms with van der Waals surface area (Å²) in [5, 5.41) is 3.08. The van der Waals surface area contributed by atoms with Gasteiger partial charge in [0.15, 0.2) is 11.6 Å². The van der Waals surface area contributed by atoms with E-state index in [1.54, 1.807) is 12.1 Å². The number of ether oxygens (including phenoxy) is 1. The molecule has 0 spiro atoms. The van der Waals surface area contributed by atoms with Crippen LogP contribution in [0.5, 0.6) is 5.75 Å². The molecule has 0 saturated carbocycles. The summed E-state index contributed by atoms with van der Waals surface area (Å²) in [5.41, 5.74) is 1.45. The number of para-hydroxylation sites is 1. The van der Waals surface area contributed by atoms with Gasteiger partial charge in [-0.05, 0) is 24.3 Å². The Morgan fingerprint density at radius 3 is 2.87 bits per heavy atom. The minimum Gasteiger partial charge on any atom is -0.431 e. The molecule has 8 heteroatoms. The molecule has 0 fully saturated rings. The van der Waals surface area contributed by atoms with Crippen molar-refractivity contribution < 1.29 is 22.7 Å². The van der Waals surface area contributed by atoms with Gasteiger partial charge in [-0.3, -0.25) is 4.79 Å². The predicted octanol–water partition coefficient (Wildman–Crippen LogP) is 3.54. The fourth-order valence-electron chi connectivity index (χ4n) is 2.24. The van der Waals surface area contributed by atoms with Gasteiger partial charge in [0.25, 0.3) is 0 Å². The van der Waals surface area contributed by atoms with Gasteiger partial charge in [-0.25, -0.2) is 9.37 Å². The van der Waals surface area contributed by atoms with Crippen LogP contribution in [0.2, 0.25) is 0 Å². The fourth-order valence-corrected chi connectivity index (χ4v) is 2.24. The van der Waals surface area contributed by atoms with E-state index in [1.165, 1.54) is 18.3 Å². The summed E-state index contributed by atoms with van der Waals surface area (Å²) in [7, 11) is 0. The van der Waals surface area contributed by atoms with Crippen molar-refractivity contribution in [1.82, 2.24) is 9.97 Å². The minimum absolute atomic E-state index is 0.146. The molecule has 0 bridgehead atoms. The number of rotatable bonds is 5. The molecule has 0 aliphatic rings. The highest BCUT2D eigenvalue weighted by Gasteiger charge is 2.17. The van der Waals surface area contributed by atoms with Crippen LogP contribution in [0.3, 0.4) is 0 Å². The summed E-state index contributed by atoms with van der Waals surface area (Å²) in [6, 6.07) is 7.13. The molecule has 2 aromatic heterocycles. The van der Waals surface area contributed by atoms with E-state index >= 15 is 0 Å². The van der Waals surface area contributed by atoms with E-state index < -0.39 is 18.2 Å². The number of hydrogen-bond acceptors (Lipinski definition) is 3. The topological polar surface area (TPSA) is 67.0 Å². The molecule has 1 amide bonds. The average molecular weight is 321 g/mol. The highest BCUT2D eigenvalue weighted by Crippen LogP contribution is 2.34. The molecule has 23 heavy (non-hydrogen) atoms. The van der Waals surface area contributed by atoms with Gasteiger partial charge in [0.1, 0.15) is 5.65 Å². The smallest absolute Gasteiger partial charge is 0.387 e. The van der Waals surface area contributed by atoms with Crippen LogP contribution in [-0.2, 0) is 4.79 Å². The summed E-state index contributed by atoms with van der Waals surface area (Å²) in [4.78, 5) is 17.4. The fraction of sp³-hybridized carbons (Fsp3) is 0.0667. The van der Waals surface area contributed by atoms with Gasteiger partial charge in [0.05, 0.1) is 17.6 Å². The number of carbonyl (C=O) groups is 1. The van der Waals surface area contributed by atoms with Crippen LogP contribution in [0.25, 0.3) is 22.3 Å². The first-order valence-electron chi connectivity index (χ1n) is 6.51. The predicted molar refractivity (Wildman–Crippen MR) is 77.8 cm³/mol. The number of alkyl halides is 2. The van der Waals surface area contributed by atoms with Crippen LogP contribution in [0.15, 0.2) is 36.5 Å². The van der Waals surface area contributed by atoms with E-state index in [1.807, 2.05) is 0 Å². The highest BCUT2D eigenvalue weighted by molar-refractivity contribution is 5.88. The largest absolute Gasteiger partial charge is 0.431 e. The maximum absolute atomic E-state index is 13.8. The van der Waals surface area contributed by atoms with Crippen LogP contribution in [-0.4, -0.2) is 23.0 Å². The molecule has 0 aliphatic heterocycles. The lowest BCUT2D eigenvalue weighted by Gasteiger charge is -2.10. The van der Waals surface area contributed by atoms with Gasteiger partial charge >= 0.3 is 6.61 Å². The van der Waals surface area contributed by atoms with E-state index in [9.17, 15) is 18.0 Å². The first-order chi connectivity index (χ1) is 11.1. The minimum atomic E-state index is -3.14. The molecule has 3 rings (SSSR count). The number of nitrogens with zero attached hydrogens (tertiary/aromatic N) is 1. The van der Waals surface area contributed by atoms with E-state index in [0.717, 1.165) is 6.07 Å². The van der Waals surface area contributed by atoms with Crippen molar-refractivity contribution in [3.05, 3.63) is 42.3 Å². The molecule has 3 aromatic rings. The van der Waals surface area contributed by atoms with Crippen molar-refractivity contribution in [3.63, 3.8) is 0 Å². The molecule has 0 atom stereocenters. The van der Waals surface area contributed by atoms with Crippen molar-refractivity contribution in [2.75, 3.05) is 5.32 Å². The lowest BCUT2D eigenvalue weighted by molar-refractivity contribution is -0.105. The first-order valence-corrected chi connectivity index (χ1v) is 6.51. The SMILES string of the molecule is O=CNc1cnc2[nH]c(-c3cccc(F)c3OC(F)F)cc2c1. The van der Waals surface area contributed by atoms with Gasteiger partial charge in [0.2, 0.25) is 6.41 Å². The number of H-pyrrole nitrogens is 1. The number of halogens is 3. The summed E-state index contributed by atoms with van der Waals surface area (Å²) in [6.07, 6.45) is 1.94. The zero-order chi connectivity index (χ0) is 16.4. The summed E-state index contributed by atoms with van der Waals surface area (Å²) < 4.78 is 43.0. The van der Waals surface area contributed by atoms with E-state index in [2.05, 4.69) is 20.0 Å². The summed E-state index contributed by atoms with van der Waals surface area (Å²) in [6.45, 7) is -3.14. The van der Waals surface area contributed by atoms with Crippen LogP contribution >= 0.6 is 0 Å². The third kappa shape index (κ3) is 2.96. The Hall–Kier alpha value is -3.03. The Morgan fingerprint density at radius 1 is 1.30 bits per heavy atom. The molecular formula is C15H10F3N3O2. The lowest BCUT2D eigenvalue weighted by Crippen LogP contribution is -2.05. The molecule has 0 unspecified atom stereocenters. The second kappa shape index (κ2) is 5.99. The van der Waals surface area contributed by atoms with Crippen LogP contribution in [0.1, 0.15) is 0 Å². The van der Waals surface area contributed by atoms with Gasteiger partial charge < -0.3 is 15.0 Å². The number of hydrogen-bond donors (Lipinski definition) is 2. The molecule has 0 radical (unpaired) electrons.